The zero-order valence-electron chi connectivity index (χ0n) is 11.0. The number of nitro groups is 1. The van der Waals surface area contributed by atoms with Crippen molar-refractivity contribution >= 4 is 23.0 Å². The Morgan fingerprint density at radius 3 is 2.85 bits per heavy atom. The van der Waals surface area contributed by atoms with E-state index < -0.39 is 4.92 Å². The summed E-state index contributed by atoms with van der Waals surface area (Å²) in [5.74, 6) is -0.312. The van der Waals surface area contributed by atoms with Crippen LogP contribution < -0.4 is 5.01 Å². The summed E-state index contributed by atoms with van der Waals surface area (Å²) in [6, 6.07) is 6.25. The number of anilines is 1. The van der Waals surface area contributed by atoms with Crippen LogP contribution in [0.2, 0.25) is 0 Å². The van der Waals surface area contributed by atoms with E-state index in [1.165, 1.54) is 11.1 Å². The third-order valence-electron chi connectivity index (χ3n) is 3.87. The van der Waals surface area contributed by atoms with Gasteiger partial charge in [-0.3, -0.25) is 14.9 Å². The molecule has 1 heterocycles. The molecule has 1 atom stereocenters. The monoisotopic (exact) mass is 273 g/mol. The molecule has 104 valence electrons. The van der Waals surface area contributed by atoms with Gasteiger partial charge in [0.15, 0.2) is 0 Å². The van der Waals surface area contributed by atoms with Gasteiger partial charge in [-0.15, -0.1) is 0 Å². The predicted octanol–water partition coefficient (Wildman–Crippen LogP) is 2.88. The van der Waals surface area contributed by atoms with Crippen molar-refractivity contribution in [3.05, 3.63) is 34.4 Å². The summed E-state index contributed by atoms with van der Waals surface area (Å²) in [7, 11) is 0. The van der Waals surface area contributed by atoms with Crippen LogP contribution in [0.25, 0.3) is 0 Å². The normalized spacial score (nSPS) is 22.2. The highest BCUT2D eigenvalue weighted by Gasteiger charge is 2.38. The summed E-state index contributed by atoms with van der Waals surface area (Å²) in [6.07, 6.45) is 4.78. The third kappa shape index (κ3) is 2.07. The molecule has 1 saturated carbocycles. The zero-order chi connectivity index (χ0) is 14.1. The first-order valence-electron chi connectivity index (χ1n) is 6.83. The number of rotatable bonds is 2. The van der Waals surface area contributed by atoms with E-state index in [4.69, 9.17) is 0 Å². The summed E-state index contributed by atoms with van der Waals surface area (Å²) in [6.45, 7) is 0. The van der Waals surface area contributed by atoms with E-state index in [-0.39, 0.29) is 23.2 Å². The molecule has 1 amide bonds. The van der Waals surface area contributed by atoms with Crippen LogP contribution in [0.5, 0.6) is 0 Å². The molecule has 3 rings (SSSR count). The highest BCUT2D eigenvalue weighted by molar-refractivity contribution is 6.16. The SMILES string of the molecule is O=C1C2CCCCCC2=NN1c1ccccc1[N+](=O)[O-]. The number of amides is 1. The molecule has 0 aromatic heterocycles. The zero-order valence-corrected chi connectivity index (χ0v) is 11.0. The number of nitrogens with zero attached hydrogens (tertiary/aromatic N) is 3. The summed E-state index contributed by atoms with van der Waals surface area (Å²) in [5.41, 5.74) is 1.07. The van der Waals surface area contributed by atoms with Crippen LogP contribution >= 0.6 is 0 Å². The number of carbonyl (C=O) groups is 1. The van der Waals surface area contributed by atoms with Crippen molar-refractivity contribution in [1.82, 2.24) is 0 Å². The van der Waals surface area contributed by atoms with Crippen molar-refractivity contribution in [3.8, 4) is 0 Å². The van der Waals surface area contributed by atoms with Crippen LogP contribution in [0, 0.1) is 16.0 Å². The van der Waals surface area contributed by atoms with Gasteiger partial charge < -0.3 is 0 Å². The van der Waals surface area contributed by atoms with Gasteiger partial charge in [-0.2, -0.15) is 10.1 Å². The highest BCUT2D eigenvalue weighted by atomic mass is 16.6. The van der Waals surface area contributed by atoms with Gasteiger partial charge in [0, 0.05) is 6.07 Å². The minimum atomic E-state index is -0.475. The molecule has 0 bridgehead atoms. The van der Waals surface area contributed by atoms with Gasteiger partial charge in [0.05, 0.1) is 16.6 Å². The van der Waals surface area contributed by atoms with Gasteiger partial charge in [-0.05, 0) is 25.3 Å². The minimum Gasteiger partial charge on any atom is -0.272 e. The van der Waals surface area contributed by atoms with Crippen molar-refractivity contribution in [1.29, 1.82) is 0 Å². The van der Waals surface area contributed by atoms with Crippen LogP contribution in [-0.4, -0.2) is 16.5 Å². The van der Waals surface area contributed by atoms with E-state index in [0.29, 0.717) is 0 Å². The van der Waals surface area contributed by atoms with E-state index in [0.717, 1.165) is 37.8 Å². The number of benzene rings is 1. The number of hydrazone groups is 1. The topological polar surface area (TPSA) is 75.8 Å². The Labute approximate surface area is 116 Å². The first-order valence-corrected chi connectivity index (χ1v) is 6.83. The first kappa shape index (κ1) is 12.8. The molecule has 1 aromatic carbocycles. The molecular formula is C14H15N3O3. The molecule has 1 aromatic rings. The molecule has 1 unspecified atom stereocenters. The fourth-order valence-corrected chi connectivity index (χ4v) is 2.85. The van der Waals surface area contributed by atoms with Crippen LogP contribution in [0.15, 0.2) is 29.4 Å². The van der Waals surface area contributed by atoms with E-state index >= 15 is 0 Å². The Hall–Kier alpha value is -2.24. The molecule has 0 radical (unpaired) electrons. The summed E-state index contributed by atoms with van der Waals surface area (Å²) < 4.78 is 0. The molecule has 0 spiro atoms. The fourth-order valence-electron chi connectivity index (χ4n) is 2.85. The van der Waals surface area contributed by atoms with Crippen LogP contribution in [0.1, 0.15) is 32.1 Å². The van der Waals surface area contributed by atoms with Gasteiger partial charge in [-0.25, -0.2) is 0 Å². The largest absolute Gasteiger partial charge is 0.295 e. The van der Waals surface area contributed by atoms with Gasteiger partial charge in [0.2, 0.25) is 0 Å². The molecule has 1 aliphatic carbocycles. The Bertz CT molecular complexity index is 597. The number of para-hydroxylation sites is 2. The predicted molar refractivity (Wildman–Crippen MR) is 74.6 cm³/mol. The van der Waals surface area contributed by atoms with Crippen LogP contribution in [0.4, 0.5) is 11.4 Å². The Balaban J connectivity index is 1.99. The summed E-state index contributed by atoms with van der Waals surface area (Å²) in [4.78, 5) is 23.1. The van der Waals surface area contributed by atoms with Crippen molar-refractivity contribution < 1.29 is 9.72 Å². The van der Waals surface area contributed by atoms with E-state index in [1.54, 1.807) is 18.2 Å². The maximum absolute atomic E-state index is 12.5. The average molecular weight is 273 g/mol. The maximum Gasteiger partial charge on any atom is 0.295 e. The second-order valence-electron chi connectivity index (χ2n) is 5.14. The lowest BCUT2D eigenvalue weighted by Gasteiger charge is -2.13. The lowest BCUT2D eigenvalue weighted by molar-refractivity contribution is -0.384. The van der Waals surface area contributed by atoms with Gasteiger partial charge in [-0.1, -0.05) is 25.0 Å². The van der Waals surface area contributed by atoms with Crippen molar-refractivity contribution in [2.24, 2.45) is 11.0 Å². The lowest BCUT2D eigenvalue weighted by Crippen LogP contribution is -2.27. The Morgan fingerprint density at radius 2 is 2.05 bits per heavy atom. The Kier molecular flexibility index (Phi) is 3.22. The molecular weight excluding hydrogens is 258 g/mol. The molecule has 6 nitrogen and oxygen atoms in total. The maximum atomic E-state index is 12.5. The first-order chi connectivity index (χ1) is 9.68. The number of carbonyl (C=O) groups excluding carboxylic acids is 1. The van der Waals surface area contributed by atoms with Gasteiger partial charge in [0.1, 0.15) is 5.69 Å². The quantitative estimate of drug-likeness (QED) is 0.614. The number of nitro benzene ring substituents is 1. The van der Waals surface area contributed by atoms with E-state index in [9.17, 15) is 14.9 Å². The van der Waals surface area contributed by atoms with Crippen molar-refractivity contribution in [3.63, 3.8) is 0 Å². The highest BCUT2D eigenvalue weighted by Crippen LogP contribution is 2.35. The minimum absolute atomic E-state index is 0.0818. The van der Waals surface area contributed by atoms with Crippen LogP contribution in [-0.2, 0) is 4.79 Å². The third-order valence-corrected chi connectivity index (χ3v) is 3.87. The second kappa shape index (κ2) is 5.03. The fraction of sp³-hybridized carbons (Fsp3) is 0.429. The van der Waals surface area contributed by atoms with E-state index in [2.05, 4.69) is 5.10 Å². The molecule has 0 saturated heterocycles. The lowest BCUT2D eigenvalue weighted by atomic mass is 9.98. The summed E-state index contributed by atoms with van der Waals surface area (Å²) >= 11 is 0. The number of hydrogen-bond acceptors (Lipinski definition) is 4. The number of hydrogen-bond donors (Lipinski definition) is 0. The van der Waals surface area contributed by atoms with Crippen LogP contribution in [0.3, 0.4) is 0 Å². The summed E-state index contributed by atoms with van der Waals surface area (Å²) in [5, 5.41) is 16.7. The standard InChI is InChI=1S/C14H15N3O3/c18-14-10-6-2-1-3-7-11(10)15-16(14)12-8-4-5-9-13(12)17(19)20/h4-5,8-10H,1-3,6-7H2. The van der Waals surface area contributed by atoms with Crippen molar-refractivity contribution in [2.45, 2.75) is 32.1 Å². The number of fused-ring (bicyclic) bond motifs is 1. The molecule has 1 aliphatic heterocycles. The molecule has 20 heavy (non-hydrogen) atoms. The van der Waals surface area contributed by atoms with Gasteiger partial charge in [0.25, 0.3) is 11.6 Å². The van der Waals surface area contributed by atoms with Crippen molar-refractivity contribution in [2.75, 3.05) is 5.01 Å². The molecule has 6 heteroatoms. The molecule has 0 N–H and O–H groups in total. The van der Waals surface area contributed by atoms with Gasteiger partial charge >= 0.3 is 0 Å². The Morgan fingerprint density at radius 1 is 1.25 bits per heavy atom. The second-order valence-corrected chi connectivity index (χ2v) is 5.14. The molecule has 1 fully saturated rings. The average Bonchev–Trinajstić information content (AvgIpc) is 2.64. The smallest absolute Gasteiger partial charge is 0.272 e. The van der Waals surface area contributed by atoms with E-state index in [1.807, 2.05) is 0 Å². The molecule has 2 aliphatic rings.